The Kier molecular flexibility index (Phi) is 2.54. The molecule has 0 saturated heterocycles. The van der Waals surface area contributed by atoms with Crippen LogP contribution < -0.4 is 0 Å². The molecule has 4 aliphatic carbocycles. The zero-order chi connectivity index (χ0) is 13.0. The van der Waals surface area contributed by atoms with Gasteiger partial charge in [0.25, 0.3) is 0 Å². The van der Waals surface area contributed by atoms with E-state index in [0.29, 0.717) is 11.8 Å². The minimum absolute atomic E-state index is 0.464. The lowest BCUT2D eigenvalue weighted by Crippen LogP contribution is -2.58. The first-order valence-electron chi connectivity index (χ1n) is 7.78. The Balaban J connectivity index is 1.63. The Morgan fingerprint density at radius 1 is 1.11 bits per heavy atom. The fourth-order valence-electron chi connectivity index (χ4n) is 5.28. The van der Waals surface area contributed by atoms with Crippen LogP contribution in [0.15, 0.2) is 18.2 Å². The molecule has 2 heteroatoms. The smallest absolute Gasteiger partial charge is 0.0759 e. The van der Waals surface area contributed by atoms with Crippen LogP contribution in [0.5, 0.6) is 0 Å². The van der Waals surface area contributed by atoms with Crippen molar-refractivity contribution in [3.05, 3.63) is 29.6 Å². The van der Waals surface area contributed by atoms with Crippen molar-refractivity contribution in [2.75, 3.05) is 0 Å². The van der Waals surface area contributed by atoms with Gasteiger partial charge in [0.05, 0.1) is 5.60 Å². The largest absolute Gasteiger partial charge is 0.389 e. The zero-order valence-corrected chi connectivity index (χ0v) is 11.7. The minimum Gasteiger partial charge on any atom is -0.389 e. The molecule has 5 rings (SSSR count). The molecular weight excluding hydrogens is 234 g/mol. The topological polar surface area (TPSA) is 33.1 Å². The van der Waals surface area contributed by atoms with Crippen molar-refractivity contribution >= 4 is 0 Å². The summed E-state index contributed by atoms with van der Waals surface area (Å²) in [6.45, 7) is 2.03. The second-order valence-electron chi connectivity index (χ2n) is 7.24. The molecule has 4 fully saturated rings. The van der Waals surface area contributed by atoms with Crippen LogP contribution >= 0.6 is 0 Å². The zero-order valence-electron chi connectivity index (χ0n) is 11.7. The van der Waals surface area contributed by atoms with Crippen molar-refractivity contribution in [3.8, 4) is 0 Å². The molecule has 0 atom stereocenters. The van der Waals surface area contributed by atoms with E-state index < -0.39 is 5.60 Å². The lowest BCUT2D eigenvalue weighted by molar-refractivity contribution is -0.172. The fraction of sp³-hybridized carbons (Fsp3) is 0.706. The summed E-state index contributed by atoms with van der Waals surface area (Å²) in [5.41, 5.74) is 1.67. The van der Waals surface area contributed by atoms with Gasteiger partial charge in [-0.3, -0.25) is 4.98 Å². The Morgan fingerprint density at radius 2 is 1.74 bits per heavy atom. The van der Waals surface area contributed by atoms with E-state index in [1.54, 1.807) is 0 Å². The Morgan fingerprint density at radius 3 is 2.32 bits per heavy atom. The molecule has 1 heterocycles. The summed E-state index contributed by atoms with van der Waals surface area (Å²) in [4.78, 5) is 4.61. The summed E-state index contributed by atoms with van der Waals surface area (Å²) in [6.07, 6.45) is 7.24. The normalized spacial score (nSPS) is 43.7. The molecule has 0 spiro atoms. The van der Waals surface area contributed by atoms with Crippen molar-refractivity contribution < 1.29 is 5.11 Å². The van der Waals surface area contributed by atoms with Crippen LogP contribution in [0.1, 0.15) is 43.5 Å². The molecule has 4 bridgehead atoms. The maximum atomic E-state index is 11.3. The number of hydrogen-bond donors (Lipinski definition) is 1. The highest BCUT2D eigenvalue weighted by atomic mass is 16.3. The number of nitrogens with zero attached hydrogens (tertiary/aromatic N) is 1. The molecule has 1 aromatic heterocycles. The monoisotopic (exact) mass is 257 g/mol. The van der Waals surface area contributed by atoms with Crippen LogP contribution in [0.4, 0.5) is 0 Å². The Bertz CT molecular complexity index is 468. The summed E-state index contributed by atoms with van der Waals surface area (Å²) in [6, 6.07) is 6.18. The van der Waals surface area contributed by atoms with Gasteiger partial charge in [-0.25, -0.2) is 0 Å². The number of pyridine rings is 1. The third kappa shape index (κ3) is 1.84. The number of aromatic nitrogens is 1. The van der Waals surface area contributed by atoms with Crippen LogP contribution in [-0.2, 0) is 6.42 Å². The van der Waals surface area contributed by atoms with E-state index in [2.05, 4.69) is 17.1 Å². The summed E-state index contributed by atoms with van der Waals surface area (Å²) < 4.78 is 0. The third-order valence-electron chi connectivity index (χ3n) is 5.96. The molecule has 0 amide bonds. The number of hydrogen-bond acceptors (Lipinski definition) is 2. The first-order chi connectivity index (χ1) is 9.13. The standard InChI is InChI=1S/C17H23NO/c1-11-3-2-4-16(18-11)10-17(19)14-6-12-5-13(8-14)9-15(17)7-12/h2-4,12-15,19H,5-10H2,1H3. The van der Waals surface area contributed by atoms with Crippen LogP contribution in [0.2, 0.25) is 0 Å². The summed E-state index contributed by atoms with van der Waals surface area (Å²) in [5, 5.41) is 11.3. The maximum absolute atomic E-state index is 11.3. The lowest BCUT2D eigenvalue weighted by atomic mass is 9.49. The first-order valence-corrected chi connectivity index (χ1v) is 7.78. The maximum Gasteiger partial charge on any atom is 0.0759 e. The quantitative estimate of drug-likeness (QED) is 0.883. The van der Waals surface area contributed by atoms with Crippen molar-refractivity contribution in [2.24, 2.45) is 23.7 Å². The van der Waals surface area contributed by atoms with Gasteiger partial charge < -0.3 is 5.11 Å². The highest BCUT2D eigenvalue weighted by Gasteiger charge is 2.56. The van der Waals surface area contributed by atoms with E-state index in [1.807, 2.05) is 13.0 Å². The van der Waals surface area contributed by atoms with E-state index in [4.69, 9.17) is 0 Å². The van der Waals surface area contributed by atoms with E-state index in [1.165, 1.54) is 32.1 Å². The van der Waals surface area contributed by atoms with Gasteiger partial charge in [-0.1, -0.05) is 6.07 Å². The average molecular weight is 257 g/mol. The van der Waals surface area contributed by atoms with Crippen molar-refractivity contribution in [1.82, 2.24) is 4.98 Å². The van der Waals surface area contributed by atoms with Gasteiger partial charge in [0.1, 0.15) is 0 Å². The summed E-state index contributed by atoms with van der Waals surface area (Å²) in [7, 11) is 0. The van der Waals surface area contributed by atoms with Crippen LogP contribution in [0, 0.1) is 30.6 Å². The molecule has 0 aliphatic heterocycles. The lowest BCUT2D eigenvalue weighted by Gasteiger charge is -2.59. The predicted molar refractivity (Wildman–Crippen MR) is 74.7 cm³/mol. The van der Waals surface area contributed by atoms with E-state index >= 15 is 0 Å². The molecule has 2 nitrogen and oxygen atoms in total. The average Bonchev–Trinajstić information content (AvgIpc) is 2.35. The summed E-state index contributed by atoms with van der Waals surface area (Å²) >= 11 is 0. The molecule has 4 saturated carbocycles. The van der Waals surface area contributed by atoms with Gasteiger partial charge in [-0.15, -0.1) is 0 Å². The minimum atomic E-state index is -0.464. The molecular formula is C17H23NO. The molecule has 0 unspecified atom stereocenters. The van der Waals surface area contributed by atoms with Gasteiger partial charge in [-0.05, 0) is 74.8 Å². The molecule has 102 valence electrons. The van der Waals surface area contributed by atoms with Crippen LogP contribution in [-0.4, -0.2) is 15.7 Å². The SMILES string of the molecule is Cc1cccc(CC2(O)C3CC4CC(C3)CC2C4)n1. The molecule has 0 radical (unpaired) electrons. The predicted octanol–water partition coefficient (Wildman–Crippen LogP) is 3.12. The summed E-state index contributed by atoms with van der Waals surface area (Å²) in [5.74, 6) is 2.89. The second kappa shape index (κ2) is 4.05. The van der Waals surface area contributed by atoms with E-state index in [0.717, 1.165) is 29.6 Å². The van der Waals surface area contributed by atoms with Crippen molar-refractivity contribution in [1.29, 1.82) is 0 Å². The molecule has 1 N–H and O–H groups in total. The van der Waals surface area contributed by atoms with Gasteiger partial charge in [0.15, 0.2) is 0 Å². The second-order valence-corrected chi connectivity index (χ2v) is 7.24. The van der Waals surface area contributed by atoms with E-state index in [9.17, 15) is 5.11 Å². The van der Waals surface area contributed by atoms with Gasteiger partial charge >= 0.3 is 0 Å². The van der Waals surface area contributed by atoms with Crippen molar-refractivity contribution in [2.45, 2.75) is 51.0 Å². The van der Waals surface area contributed by atoms with Gasteiger partial charge in [0.2, 0.25) is 0 Å². The number of rotatable bonds is 2. The third-order valence-corrected chi connectivity index (χ3v) is 5.96. The molecule has 1 aromatic rings. The highest BCUT2D eigenvalue weighted by Crippen LogP contribution is 2.58. The van der Waals surface area contributed by atoms with Gasteiger partial charge in [0, 0.05) is 17.8 Å². The van der Waals surface area contributed by atoms with Crippen molar-refractivity contribution in [3.63, 3.8) is 0 Å². The molecule has 19 heavy (non-hydrogen) atoms. The van der Waals surface area contributed by atoms with E-state index in [-0.39, 0.29) is 0 Å². The first kappa shape index (κ1) is 11.9. The molecule has 4 aliphatic rings. The van der Waals surface area contributed by atoms with Crippen LogP contribution in [0.25, 0.3) is 0 Å². The Hall–Kier alpha value is -0.890. The highest BCUT2D eigenvalue weighted by molar-refractivity contribution is 5.16. The van der Waals surface area contributed by atoms with Gasteiger partial charge in [-0.2, -0.15) is 0 Å². The fourth-order valence-corrected chi connectivity index (χ4v) is 5.28. The Labute approximate surface area is 115 Å². The molecule has 0 aromatic carbocycles. The number of aliphatic hydroxyl groups is 1. The van der Waals surface area contributed by atoms with Crippen LogP contribution in [0.3, 0.4) is 0 Å². The number of aryl methyl sites for hydroxylation is 1.